The van der Waals surface area contributed by atoms with Crippen LogP contribution in [-0.2, 0) is 5.88 Å². The van der Waals surface area contributed by atoms with E-state index in [2.05, 4.69) is 70.1 Å². The first-order valence-electron chi connectivity index (χ1n) is 9.31. The smallest absolute Gasteiger partial charge is 0.203 e. The molecule has 0 saturated carbocycles. The second-order valence-electron chi connectivity index (χ2n) is 7.46. The molecular formula is C24H24BrClN2O. The van der Waals surface area contributed by atoms with Gasteiger partial charge in [-0.1, -0.05) is 24.3 Å². The van der Waals surface area contributed by atoms with E-state index in [-0.39, 0.29) is 17.0 Å². The molecule has 0 saturated heterocycles. The van der Waals surface area contributed by atoms with Crippen molar-refractivity contribution in [3.8, 4) is 22.5 Å². The number of alkyl halides is 1. The Bertz CT molecular complexity index is 1190. The van der Waals surface area contributed by atoms with Crippen LogP contribution in [0.4, 0.5) is 5.69 Å². The van der Waals surface area contributed by atoms with Crippen LogP contribution < -0.4 is 31.8 Å². The summed E-state index contributed by atoms with van der Waals surface area (Å²) >= 11 is 5.99. The molecule has 2 aromatic rings. The van der Waals surface area contributed by atoms with E-state index in [1.165, 1.54) is 5.56 Å². The Labute approximate surface area is 187 Å². The van der Waals surface area contributed by atoms with Crippen molar-refractivity contribution in [1.29, 1.82) is 0 Å². The lowest BCUT2D eigenvalue weighted by molar-refractivity contribution is -0.00000609. The first-order valence-corrected chi connectivity index (χ1v) is 9.85. The lowest BCUT2D eigenvalue weighted by Crippen LogP contribution is -3.00. The highest BCUT2D eigenvalue weighted by atomic mass is 79.9. The summed E-state index contributed by atoms with van der Waals surface area (Å²) in [6.07, 6.45) is 0. The number of benzene rings is 3. The molecule has 0 bridgehead atoms. The second kappa shape index (κ2) is 8.60. The second-order valence-corrected chi connectivity index (χ2v) is 7.72. The van der Waals surface area contributed by atoms with E-state index < -0.39 is 0 Å². The van der Waals surface area contributed by atoms with Gasteiger partial charge in [0.05, 0.1) is 6.07 Å². The van der Waals surface area contributed by atoms with Gasteiger partial charge < -0.3 is 26.3 Å². The van der Waals surface area contributed by atoms with Crippen molar-refractivity contribution in [2.75, 3.05) is 33.1 Å². The van der Waals surface area contributed by atoms with Crippen molar-refractivity contribution in [2.45, 2.75) is 5.88 Å². The maximum atomic E-state index is 6.36. The summed E-state index contributed by atoms with van der Waals surface area (Å²) < 4.78 is 8.45. The molecule has 4 rings (SSSR count). The Morgan fingerprint density at radius 2 is 1.66 bits per heavy atom. The summed E-state index contributed by atoms with van der Waals surface area (Å²) in [7, 11) is 8.16. The van der Waals surface area contributed by atoms with Crippen LogP contribution in [0, 0.1) is 0 Å². The van der Waals surface area contributed by atoms with Gasteiger partial charge in [-0.15, -0.1) is 11.6 Å². The first kappa shape index (κ1) is 21.4. The van der Waals surface area contributed by atoms with Crippen LogP contribution in [0.3, 0.4) is 0 Å². The fourth-order valence-electron chi connectivity index (χ4n) is 3.50. The minimum absolute atomic E-state index is 0. The van der Waals surface area contributed by atoms with Gasteiger partial charge in [0.1, 0.15) is 25.4 Å². The van der Waals surface area contributed by atoms with E-state index >= 15 is 0 Å². The van der Waals surface area contributed by atoms with Gasteiger partial charge in [-0.05, 0) is 29.3 Å². The van der Waals surface area contributed by atoms with Crippen LogP contribution >= 0.6 is 11.6 Å². The van der Waals surface area contributed by atoms with Crippen LogP contribution in [0.2, 0.25) is 0 Å². The van der Waals surface area contributed by atoms with Crippen molar-refractivity contribution in [1.82, 2.24) is 4.58 Å². The van der Waals surface area contributed by atoms with Crippen molar-refractivity contribution in [2.24, 2.45) is 0 Å². The largest absolute Gasteiger partial charge is 1.00 e. The molecule has 1 heterocycles. The molecule has 1 aliphatic carbocycles. The number of nitrogens with zero attached hydrogens (tertiary/aromatic N) is 2. The predicted molar refractivity (Wildman–Crippen MR) is 119 cm³/mol. The van der Waals surface area contributed by atoms with Gasteiger partial charge >= 0.3 is 0 Å². The van der Waals surface area contributed by atoms with E-state index in [1.807, 2.05) is 28.2 Å². The average molecular weight is 472 g/mol. The Hall–Kier alpha value is -2.30. The Morgan fingerprint density at radius 3 is 2.28 bits per heavy atom. The minimum Gasteiger partial charge on any atom is -1.00 e. The molecule has 0 aromatic heterocycles. The normalized spacial score (nSPS) is 10.8. The van der Waals surface area contributed by atoms with Gasteiger partial charge in [-0.3, -0.25) is 0 Å². The van der Waals surface area contributed by atoms with Crippen molar-refractivity contribution in [3.63, 3.8) is 0 Å². The summed E-state index contributed by atoms with van der Waals surface area (Å²) in [4.78, 5) is 2.09. The van der Waals surface area contributed by atoms with Gasteiger partial charge in [0.15, 0.2) is 0 Å². The van der Waals surface area contributed by atoms with Crippen molar-refractivity contribution < 1.29 is 21.4 Å². The highest BCUT2D eigenvalue weighted by Gasteiger charge is 2.18. The number of hydrogen-bond acceptors (Lipinski definition) is 2. The average Bonchev–Trinajstić information content (AvgIpc) is 2.71. The lowest BCUT2D eigenvalue weighted by atomic mass is 9.93. The van der Waals surface area contributed by atoms with Crippen molar-refractivity contribution >= 4 is 28.3 Å². The lowest BCUT2D eigenvalue weighted by Gasteiger charge is -2.18. The summed E-state index contributed by atoms with van der Waals surface area (Å²) in [6, 6.07) is 21.2. The topological polar surface area (TPSA) is 19.4 Å². The zero-order chi connectivity index (χ0) is 19.8. The molecular weight excluding hydrogens is 448 g/mol. The molecule has 2 aromatic carbocycles. The molecule has 0 fully saturated rings. The van der Waals surface area contributed by atoms with E-state index in [0.717, 1.165) is 44.5 Å². The molecule has 0 spiro atoms. The monoisotopic (exact) mass is 470 g/mol. The highest BCUT2D eigenvalue weighted by molar-refractivity contribution is 6.17. The van der Waals surface area contributed by atoms with Crippen LogP contribution in [0.25, 0.3) is 33.4 Å². The molecule has 1 aliphatic heterocycles. The van der Waals surface area contributed by atoms with E-state index in [9.17, 15) is 0 Å². The fourth-order valence-corrected chi connectivity index (χ4v) is 3.67. The Balaban J connectivity index is 0.00000240. The zero-order valence-electron chi connectivity index (χ0n) is 17.0. The molecule has 29 heavy (non-hydrogen) atoms. The zero-order valence-corrected chi connectivity index (χ0v) is 19.4. The van der Waals surface area contributed by atoms with E-state index in [0.29, 0.717) is 5.88 Å². The fraction of sp³-hybridized carbons (Fsp3) is 0.208. The third-order valence-electron chi connectivity index (χ3n) is 5.12. The van der Waals surface area contributed by atoms with Gasteiger partial charge in [0.25, 0.3) is 0 Å². The highest BCUT2D eigenvalue weighted by Crippen LogP contribution is 2.40. The van der Waals surface area contributed by atoms with Gasteiger partial charge in [-0.25, -0.2) is 4.58 Å². The number of fused-ring (bicyclic) bond motifs is 2. The third-order valence-corrected chi connectivity index (χ3v) is 5.43. The van der Waals surface area contributed by atoms with Gasteiger partial charge in [0, 0.05) is 54.3 Å². The quantitative estimate of drug-likeness (QED) is 0.259. The molecule has 2 aliphatic rings. The predicted octanol–water partition coefficient (Wildman–Crippen LogP) is 2.05. The minimum atomic E-state index is 0. The third kappa shape index (κ3) is 4.05. The number of halogens is 2. The molecule has 0 unspecified atom stereocenters. The standard InChI is InChI=1S/C24H24ClN2O.BrH/c1-26(2)18-9-11-20-22(13-18)28-23-14-19(27(3)4)10-12-21(23)24(20)17-7-5-16(15-25)6-8-17;/h5-14H,15H2,1-4H3;1H/q+1;/p-1. The van der Waals surface area contributed by atoms with Crippen LogP contribution in [0.5, 0.6) is 0 Å². The molecule has 150 valence electrons. The van der Waals surface area contributed by atoms with E-state index in [1.54, 1.807) is 0 Å². The SMILES string of the molecule is CN(C)c1ccc2c(-c3ccc(CCl)cc3)c3ccc(=[N+](C)C)cc-3oc2c1.[Br-]. The number of anilines is 1. The molecule has 3 nitrogen and oxygen atoms in total. The molecule has 0 N–H and O–H groups in total. The Kier molecular flexibility index (Phi) is 6.35. The summed E-state index contributed by atoms with van der Waals surface area (Å²) in [5.41, 5.74) is 6.57. The van der Waals surface area contributed by atoms with Crippen molar-refractivity contribution in [3.05, 3.63) is 71.6 Å². The van der Waals surface area contributed by atoms with E-state index in [4.69, 9.17) is 16.0 Å². The summed E-state index contributed by atoms with van der Waals surface area (Å²) in [5, 5.41) is 2.22. The maximum Gasteiger partial charge on any atom is 0.203 e. The molecule has 0 radical (unpaired) electrons. The van der Waals surface area contributed by atoms with Crippen LogP contribution in [-0.4, -0.2) is 28.2 Å². The number of rotatable bonds is 3. The molecule has 0 amide bonds. The Morgan fingerprint density at radius 1 is 0.931 bits per heavy atom. The number of hydrogen-bond donors (Lipinski definition) is 0. The molecule has 0 atom stereocenters. The van der Waals surface area contributed by atoms with Crippen LogP contribution in [0.1, 0.15) is 5.56 Å². The summed E-state index contributed by atoms with van der Waals surface area (Å²) in [5.74, 6) is 1.40. The van der Waals surface area contributed by atoms with Gasteiger partial charge in [0.2, 0.25) is 5.36 Å². The maximum absolute atomic E-state index is 6.36. The first-order chi connectivity index (χ1) is 13.5. The summed E-state index contributed by atoms with van der Waals surface area (Å²) in [6.45, 7) is 0. The van der Waals surface area contributed by atoms with Crippen LogP contribution in [0.15, 0.2) is 65.1 Å². The van der Waals surface area contributed by atoms with Gasteiger partial charge in [-0.2, -0.15) is 0 Å². The molecule has 5 heteroatoms.